The molecule has 1 atom stereocenters. The lowest BCUT2D eigenvalue weighted by atomic mass is 10.2. The summed E-state index contributed by atoms with van der Waals surface area (Å²) in [6, 6.07) is 16.6. The summed E-state index contributed by atoms with van der Waals surface area (Å²) in [6.07, 6.45) is 0.825. The lowest BCUT2D eigenvalue weighted by molar-refractivity contribution is 0.0502. The summed E-state index contributed by atoms with van der Waals surface area (Å²) in [6.45, 7) is 5.31. The smallest absolute Gasteiger partial charge is 0.0881 e. The van der Waals surface area contributed by atoms with Crippen molar-refractivity contribution >= 4 is 24.1 Å². The zero-order valence-electron chi connectivity index (χ0n) is 14.4. The van der Waals surface area contributed by atoms with Crippen LogP contribution in [0.1, 0.15) is 17.5 Å². The molecule has 0 saturated carbocycles. The number of benzene rings is 2. The summed E-state index contributed by atoms with van der Waals surface area (Å²) in [4.78, 5) is 2.21. The molecule has 24 heavy (non-hydrogen) atoms. The van der Waals surface area contributed by atoms with Crippen molar-refractivity contribution in [3.8, 4) is 0 Å². The molecule has 0 aliphatic rings. The Morgan fingerprint density at radius 2 is 1.29 bits per heavy atom. The van der Waals surface area contributed by atoms with Gasteiger partial charge in [0.25, 0.3) is 0 Å². The van der Waals surface area contributed by atoms with Crippen molar-refractivity contribution in [2.24, 2.45) is 0 Å². The third-order valence-corrected chi connectivity index (χ3v) is 4.93. The third kappa shape index (κ3) is 7.28. The molecule has 2 aromatic rings. The Labute approximate surface area is 153 Å². The summed E-state index contributed by atoms with van der Waals surface area (Å²) in [5.41, 5.74) is 2.50. The van der Waals surface area contributed by atoms with Gasteiger partial charge in [-0.15, -0.1) is 0 Å². The van der Waals surface area contributed by atoms with Gasteiger partial charge in [0.1, 0.15) is 0 Å². The highest BCUT2D eigenvalue weighted by molar-refractivity contribution is 7.94. The molecule has 0 aliphatic heterocycles. The fourth-order valence-electron chi connectivity index (χ4n) is 1.92. The van der Waals surface area contributed by atoms with Crippen molar-refractivity contribution in [2.75, 3.05) is 20.3 Å². The van der Waals surface area contributed by atoms with E-state index in [0.29, 0.717) is 13.2 Å². The van der Waals surface area contributed by atoms with Crippen molar-refractivity contribution in [3.63, 3.8) is 0 Å². The van der Waals surface area contributed by atoms with E-state index in [4.69, 9.17) is 13.1 Å². The van der Waals surface area contributed by atoms with Gasteiger partial charge in [0.15, 0.2) is 0 Å². The van der Waals surface area contributed by atoms with Crippen molar-refractivity contribution in [2.45, 2.75) is 36.2 Å². The van der Waals surface area contributed by atoms with Crippen LogP contribution in [0.4, 0.5) is 0 Å². The Balaban J connectivity index is 1.61. The Hall–Kier alpha value is -0.980. The Morgan fingerprint density at radius 3 is 1.79 bits per heavy atom. The Morgan fingerprint density at radius 1 is 0.792 bits per heavy atom. The predicted octanol–water partition coefficient (Wildman–Crippen LogP) is 5.46. The van der Waals surface area contributed by atoms with Crippen LogP contribution >= 0.6 is 24.1 Å². The molecule has 0 bridgehead atoms. The van der Waals surface area contributed by atoms with Crippen LogP contribution in [0.3, 0.4) is 0 Å². The van der Waals surface area contributed by atoms with E-state index >= 15 is 0 Å². The van der Waals surface area contributed by atoms with Crippen LogP contribution in [0, 0.1) is 13.8 Å². The van der Waals surface area contributed by atoms with E-state index in [1.165, 1.54) is 35.2 Å². The van der Waals surface area contributed by atoms with Crippen LogP contribution in [0.25, 0.3) is 0 Å². The minimum atomic E-state index is 0.0292. The van der Waals surface area contributed by atoms with Gasteiger partial charge in [-0.1, -0.05) is 35.4 Å². The summed E-state index contributed by atoms with van der Waals surface area (Å²) >= 11 is 2.79. The molecule has 0 amide bonds. The van der Waals surface area contributed by atoms with Gasteiger partial charge >= 0.3 is 0 Å². The molecular formula is C19H24O3S2. The first-order valence-electron chi connectivity index (χ1n) is 7.92. The Kier molecular flexibility index (Phi) is 8.70. The highest BCUT2D eigenvalue weighted by Crippen LogP contribution is 2.22. The second-order valence-corrected chi connectivity index (χ2v) is 7.29. The average Bonchev–Trinajstić information content (AvgIpc) is 2.60. The average molecular weight is 365 g/mol. The SMILES string of the molecule is COC(CCOSc1ccc(C)cc1)COSc1ccc(C)cc1. The maximum atomic E-state index is 5.67. The molecule has 0 saturated heterocycles. The van der Waals surface area contributed by atoms with Crippen LogP contribution in [-0.4, -0.2) is 26.4 Å². The van der Waals surface area contributed by atoms with Crippen LogP contribution in [0.5, 0.6) is 0 Å². The summed E-state index contributed by atoms with van der Waals surface area (Å²) in [5, 5.41) is 0. The van der Waals surface area contributed by atoms with E-state index in [1.807, 2.05) is 0 Å². The normalized spacial score (nSPS) is 12.3. The van der Waals surface area contributed by atoms with Gasteiger partial charge in [-0.3, -0.25) is 0 Å². The zero-order chi connectivity index (χ0) is 17.2. The molecule has 1 unspecified atom stereocenters. The van der Waals surface area contributed by atoms with Gasteiger partial charge in [-0.25, -0.2) is 0 Å². The summed E-state index contributed by atoms with van der Waals surface area (Å²) < 4.78 is 16.8. The highest BCUT2D eigenvalue weighted by atomic mass is 32.2. The first-order chi connectivity index (χ1) is 11.7. The molecule has 2 rings (SSSR count). The lowest BCUT2D eigenvalue weighted by Gasteiger charge is -2.14. The second kappa shape index (κ2) is 10.8. The van der Waals surface area contributed by atoms with Gasteiger partial charge < -0.3 is 13.1 Å². The van der Waals surface area contributed by atoms with Crippen molar-refractivity contribution in [3.05, 3.63) is 59.7 Å². The molecule has 3 nitrogen and oxygen atoms in total. The molecule has 0 heterocycles. The standard InChI is InChI=1S/C19H24O3S2/c1-15-4-8-18(9-5-15)23-21-13-12-17(20-3)14-22-24-19-10-6-16(2)7-11-19/h4-11,17H,12-14H2,1-3H3. The number of ether oxygens (including phenoxy) is 1. The molecule has 0 N–H and O–H groups in total. The van der Waals surface area contributed by atoms with Crippen LogP contribution < -0.4 is 0 Å². The maximum absolute atomic E-state index is 5.67. The molecule has 0 aromatic heterocycles. The number of hydrogen-bond donors (Lipinski definition) is 0. The van der Waals surface area contributed by atoms with Crippen molar-refractivity contribution < 1.29 is 13.1 Å². The molecule has 0 aliphatic carbocycles. The Bertz CT molecular complexity index is 585. The van der Waals surface area contributed by atoms with E-state index in [-0.39, 0.29) is 6.10 Å². The highest BCUT2D eigenvalue weighted by Gasteiger charge is 2.09. The maximum Gasteiger partial charge on any atom is 0.0881 e. The van der Waals surface area contributed by atoms with Gasteiger partial charge in [0.2, 0.25) is 0 Å². The fraction of sp³-hybridized carbons (Fsp3) is 0.368. The van der Waals surface area contributed by atoms with Gasteiger partial charge in [0.05, 0.1) is 19.3 Å². The molecule has 130 valence electrons. The van der Waals surface area contributed by atoms with Crippen molar-refractivity contribution in [1.29, 1.82) is 0 Å². The van der Waals surface area contributed by atoms with Gasteiger partial charge in [-0.05, 0) is 38.1 Å². The number of rotatable bonds is 10. The van der Waals surface area contributed by atoms with E-state index in [0.717, 1.165) is 16.2 Å². The zero-order valence-corrected chi connectivity index (χ0v) is 16.0. The molecule has 2 aromatic carbocycles. The first-order valence-corrected chi connectivity index (χ1v) is 9.41. The number of hydrogen-bond acceptors (Lipinski definition) is 5. The van der Waals surface area contributed by atoms with Crippen molar-refractivity contribution in [1.82, 2.24) is 0 Å². The molecular weight excluding hydrogens is 340 g/mol. The monoisotopic (exact) mass is 364 g/mol. The van der Waals surface area contributed by atoms with Crippen LogP contribution in [0.15, 0.2) is 58.3 Å². The van der Waals surface area contributed by atoms with E-state index in [9.17, 15) is 0 Å². The predicted molar refractivity (Wildman–Crippen MR) is 101 cm³/mol. The fourth-order valence-corrected chi connectivity index (χ4v) is 3.09. The topological polar surface area (TPSA) is 27.7 Å². The van der Waals surface area contributed by atoms with Gasteiger partial charge in [-0.2, -0.15) is 0 Å². The minimum absolute atomic E-state index is 0.0292. The number of aryl methyl sites for hydroxylation is 2. The van der Waals surface area contributed by atoms with Crippen LogP contribution in [-0.2, 0) is 13.1 Å². The molecule has 0 radical (unpaired) electrons. The molecule has 0 fully saturated rings. The largest absolute Gasteiger partial charge is 0.379 e. The molecule has 5 heteroatoms. The molecule has 0 spiro atoms. The van der Waals surface area contributed by atoms with Crippen LogP contribution in [0.2, 0.25) is 0 Å². The van der Waals surface area contributed by atoms with E-state index < -0.39 is 0 Å². The third-order valence-electron chi connectivity index (χ3n) is 3.46. The first kappa shape index (κ1) is 19.3. The second-order valence-electron chi connectivity index (χ2n) is 5.55. The van der Waals surface area contributed by atoms with E-state index in [1.54, 1.807) is 7.11 Å². The minimum Gasteiger partial charge on any atom is -0.379 e. The number of methoxy groups -OCH3 is 1. The van der Waals surface area contributed by atoms with Gasteiger partial charge in [0, 0.05) is 47.4 Å². The summed E-state index contributed by atoms with van der Waals surface area (Å²) in [7, 11) is 1.71. The van der Waals surface area contributed by atoms with E-state index in [2.05, 4.69) is 62.4 Å². The quantitative estimate of drug-likeness (QED) is 0.412. The lowest BCUT2D eigenvalue weighted by Crippen LogP contribution is -2.18. The summed E-state index contributed by atoms with van der Waals surface area (Å²) in [5.74, 6) is 0.